The molecule has 0 unspecified atom stereocenters. The fourth-order valence-electron chi connectivity index (χ4n) is 2.80. The van der Waals surface area contributed by atoms with Gasteiger partial charge >= 0.3 is 0 Å². The van der Waals surface area contributed by atoms with Crippen LogP contribution in [0, 0.1) is 11.3 Å². The van der Waals surface area contributed by atoms with Gasteiger partial charge in [-0.15, -0.1) is 0 Å². The van der Waals surface area contributed by atoms with Crippen LogP contribution >= 0.6 is 11.6 Å². The minimum atomic E-state index is -0.800. The van der Waals surface area contributed by atoms with E-state index in [2.05, 4.69) is 10.6 Å². The minimum Gasteiger partial charge on any atom is -0.340 e. The van der Waals surface area contributed by atoms with E-state index in [1.165, 1.54) is 0 Å². The van der Waals surface area contributed by atoms with Gasteiger partial charge < -0.3 is 10.6 Å². The van der Waals surface area contributed by atoms with Crippen LogP contribution in [0.15, 0.2) is 78.9 Å². The van der Waals surface area contributed by atoms with Crippen molar-refractivity contribution in [3.63, 3.8) is 0 Å². The van der Waals surface area contributed by atoms with E-state index in [0.29, 0.717) is 28.3 Å². The number of benzene rings is 3. The number of hydrogen-bond donors (Lipinski definition) is 2. The fourth-order valence-corrected chi connectivity index (χ4v) is 2.92. The molecular formula is C23H18ClN3O2. The number of hydrogen-bond acceptors (Lipinski definition) is 3. The van der Waals surface area contributed by atoms with Crippen molar-refractivity contribution < 1.29 is 9.59 Å². The Morgan fingerprint density at radius 1 is 0.966 bits per heavy atom. The molecule has 3 aromatic carbocycles. The standard InChI is InChI=1S/C23H18ClN3O2/c24-19-11-9-18(10-12-19)22(28)27-21(14-16-5-2-1-3-6-16)23(29)26-20-8-4-7-17(13-20)15-25/h1-13,21H,14H2,(H,26,29)(H,27,28)/t21-/m0/s1. The van der Waals surface area contributed by atoms with Crippen LogP contribution in [-0.4, -0.2) is 17.9 Å². The number of carbonyl (C=O) groups excluding carboxylic acids is 2. The van der Waals surface area contributed by atoms with E-state index in [-0.39, 0.29) is 11.8 Å². The van der Waals surface area contributed by atoms with Crippen LogP contribution in [0.3, 0.4) is 0 Å². The summed E-state index contributed by atoms with van der Waals surface area (Å²) in [6.45, 7) is 0. The summed E-state index contributed by atoms with van der Waals surface area (Å²) in [5, 5.41) is 15.1. The first-order chi connectivity index (χ1) is 14.0. The van der Waals surface area contributed by atoms with E-state index < -0.39 is 6.04 Å². The molecule has 144 valence electrons. The molecule has 29 heavy (non-hydrogen) atoms. The van der Waals surface area contributed by atoms with Crippen molar-refractivity contribution in [3.05, 3.63) is 101 Å². The summed E-state index contributed by atoms with van der Waals surface area (Å²) in [5.41, 5.74) is 2.25. The zero-order valence-corrected chi connectivity index (χ0v) is 16.2. The Kier molecular flexibility index (Phi) is 6.62. The molecule has 0 aliphatic heterocycles. The van der Waals surface area contributed by atoms with Gasteiger partial charge in [-0.05, 0) is 48.0 Å². The first-order valence-electron chi connectivity index (χ1n) is 8.96. The van der Waals surface area contributed by atoms with Crippen molar-refractivity contribution in [3.8, 4) is 6.07 Å². The highest BCUT2D eigenvalue weighted by Gasteiger charge is 2.22. The Labute approximate surface area is 173 Å². The number of halogens is 1. The molecule has 2 amide bonds. The zero-order valence-electron chi connectivity index (χ0n) is 15.4. The van der Waals surface area contributed by atoms with Gasteiger partial charge in [0, 0.05) is 22.7 Å². The Morgan fingerprint density at radius 3 is 2.38 bits per heavy atom. The molecule has 1 atom stereocenters. The number of rotatable bonds is 6. The Hall–Kier alpha value is -3.62. The second-order valence-corrected chi connectivity index (χ2v) is 6.84. The molecule has 3 aromatic rings. The van der Waals surface area contributed by atoms with Gasteiger partial charge in [-0.25, -0.2) is 0 Å². The number of nitrogens with one attached hydrogen (secondary N) is 2. The van der Waals surface area contributed by atoms with E-state index in [1.54, 1.807) is 48.5 Å². The van der Waals surface area contributed by atoms with Crippen molar-refractivity contribution in [2.24, 2.45) is 0 Å². The molecule has 0 saturated carbocycles. The summed E-state index contributed by atoms with van der Waals surface area (Å²) in [5.74, 6) is -0.741. The van der Waals surface area contributed by atoms with Gasteiger partial charge in [-0.2, -0.15) is 5.26 Å². The van der Waals surface area contributed by atoms with Gasteiger partial charge in [-0.1, -0.05) is 48.0 Å². The van der Waals surface area contributed by atoms with Crippen molar-refractivity contribution >= 4 is 29.1 Å². The molecule has 0 radical (unpaired) electrons. The third-order valence-corrected chi connectivity index (χ3v) is 4.52. The summed E-state index contributed by atoms with van der Waals surface area (Å²) >= 11 is 5.88. The molecule has 0 heterocycles. The molecule has 0 bridgehead atoms. The number of nitrogens with zero attached hydrogens (tertiary/aromatic N) is 1. The van der Waals surface area contributed by atoms with Crippen LogP contribution < -0.4 is 10.6 Å². The van der Waals surface area contributed by atoms with Crippen LogP contribution in [0.4, 0.5) is 5.69 Å². The molecule has 0 aliphatic carbocycles. The summed E-state index contributed by atoms with van der Waals surface area (Å²) in [6.07, 6.45) is 0.323. The number of carbonyl (C=O) groups is 2. The SMILES string of the molecule is N#Cc1cccc(NC(=O)[C@H](Cc2ccccc2)NC(=O)c2ccc(Cl)cc2)c1. The van der Waals surface area contributed by atoms with Crippen LogP contribution in [-0.2, 0) is 11.2 Å². The van der Waals surface area contributed by atoms with E-state index in [9.17, 15) is 9.59 Å². The highest BCUT2D eigenvalue weighted by molar-refractivity contribution is 6.30. The third-order valence-electron chi connectivity index (χ3n) is 4.27. The predicted molar refractivity (Wildman–Crippen MR) is 113 cm³/mol. The Bertz CT molecular complexity index is 1040. The lowest BCUT2D eigenvalue weighted by atomic mass is 10.0. The normalized spacial score (nSPS) is 11.2. The molecule has 0 fully saturated rings. The predicted octanol–water partition coefficient (Wildman–Crippen LogP) is 4.19. The van der Waals surface area contributed by atoms with Crippen molar-refractivity contribution in [1.82, 2.24) is 5.32 Å². The lowest BCUT2D eigenvalue weighted by Gasteiger charge is -2.19. The molecule has 3 rings (SSSR count). The van der Waals surface area contributed by atoms with Gasteiger partial charge in [0.25, 0.3) is 5.91 Å². The van der Waals surface area contributed by atoms with Gasteiger partial charge in [0.15, 0.2) is 0 Å². The van der Waals surface area contributed by atoms with E-state index >= 15 is 0 Å². The number of anilines is 1. The molecule has 0 aromatic heterocycles. The quantitative estimate of drug-likeness (QED) is 0.647. The zero-order chi connectivity index (χ0) is 20.6. The minimum absolute atomic E-state index is 0.323. The van der Waals surface area contributed by atoms with Gasteiger partial charge in [0.1, 0.15) is 6.04 Å². The third kappa shape index (κ3) is 5.68. The smallest absolute Gasteiger partial charge is 0.251 e. The van der Waals surface area contributed by atoms with E-state index in [4.69, 9.17) is 16.9 Å². The lowest BCUT2D eigenvalue weighted by Crippen LogP contribution is -2.45. The summed E-state index contributed by atoms with van der Waals surface area (Å²) in [4.78, 5) is 25.5. The average molecular weight is 404 g/mol. The van der Waals surface area contributed by atoms with Gasteiger partial charge in [-0.3, -0.25) is 9.59 Å². The maximum Gasteiger partial charge on any atom is 0.251 e. The summed E-state index contributed by atoms with van der Waals surface area (Å²) in [7, 11) is 0. The Morgan fingerprint density at radius 2 is 1.69 bits per heavy atom. The monoisotopic (exact) mass is 403 g/mol. The Balaban J connectivity index is 1.79. The van der Waals surface area contributed by atoms with Crippen molar-refractivity contribution in [1.29, 1.82) is 5.26 Å². The first-order valence-corrected chi connectivity index (χ1v) is 9.34. The van der Waals surface area contributed by atoms with Crippen molar-refractivity contribution in [2.45, 2.75) is 12.5 Å². The first kappa shape index (κ1) is 20.1. The molecule has 0 saturated heterocycles. The average Bonchev–Trinajstić information content (AvgIpc) is 2.74. The van der Waals surface area contributed by atoms with Crippen LogP contribution in [0.2, 0.25) is 5.02 Å². The van der Waals surface area contributed by atoms with E-state index in [0.717, 1.165) is 5.56 Å². The lowest BCUT2D eigenvalue weighted by molar-refractivity contribution is -0.118. The largest absolute Gasteiger partial charge is 0.340 e. The van der Waals surface area contributed by atoms with Gasteiger partial charge in [0.05, 0.1) is 11.6 Å². The number of nitriles is 1. The van der Waals surface area contributed by atoms with Gasteiger partial charge in [0.2, 0.25) is 5.91 Å². The second kappa shape index (κ2) is 9.54. The molecular weight excluding hydrogens is 386 g/mol. The van der Waals surface area contributed by atoms with Crippen LogP contribution in [0.25, 0.3) is 0 Å². The number of amides is 2. The second-order valence-electron chi connectivity index (χ2n) is 6.40. The topological polar surface area (TPSA) is 82.0 Å². The fraction of sp³-hybridized carbons (Fsp3) is 0.0870. The van der Waals surface area contributed by atoms with Crippen LogP contribution in [0.5, 0.6) is 0 Å². The highest BCUT2D eigenvalue weighted by atomic mass is 35.5. The summed E-state index contributed by atoms with van der Waals surface area (Å²) < 4.78 is 0. The maximum atomic E-state index is 12.9. The molecule has 0 aliphatic rings. The molecule has 6 heteroatoms. The molecule has 0 spiro atoms. The molecule has 2 N–H and O–H groups in total. The van der Waals surface area contributed by atoms with E-state index in [1.807, 2.05) is 36.4 Å². The van der Waals surface area contributed by atoms with Crippen molar-refractivity contribution in [2.75, 3.05) is 5.32 Å². The highest BCUT2D eigenvalue weighted by Crippen LogP contribution is 2.13. The van der Waals surface area contributed by atoms with Crippen LogP contribution in [0.1, 0.15) is 21.5 Å². The maximum absolute atomic E-state index is 12.9. The molecule has 5 nitrogen and oxygen atoms in total. The summed E-state index contributed by atoms with van der Waals surface area (Å²) in [6, 6.07) is 23.7.